The highest BCUT2D eigenvalue weighted by atomic mass is 31.3. The lowest BCUT2D eigenvalue weighted by Crippen LogP contribution is -2.43. The Morgan fingerprint density at radius 2 is 1.35 bits per heavy atom. The SMILES string of the molecule is CO[C@@H]1[C@H](OP(=O)(O)OC[C@H]2O[C@@H](n3cnc4c(=O)[nH]c(N)nc43)[C@H](O)[C@@H]2O)[C@@H](COP(=O)(O)OP(=O)(O)OP(=O)(O)OC[C@H]2O[C@@H]([n+]3cn(C)c4c(=O)[nH]c(N)nc43)[C@H](C)[C@@H]2CNC(C)=O)O[C@H]1n1cnc2c(N)ncnc21. The summed E-state index contributed by atoms with van der Waals surface area (Å²) >= 11 is 0. The number of amides is 1. The van der Waals surface area contributed by atoms with E-state index in [1.807, 2.05) is 0 Å². The second-order valence-corrected chi connectivity index (χ2v) is 24.0. The van der Waals surface area contributed by atoms with E-state index in [2.05, 4.69) is 53.8 Å². The summed E-state index contributed by atoms with van der Waals surface area (Å²) in [6, 6.07) is 0. The van der Waals surface area contributed by atoms with E-state index in [4.69, 9.17) is 54.2 Å². The molecule has 43 heteroatoms. The van der Waals surface area contributed by atoms with Crippen molar-refractivity contribution >= 4 is 88.4 Å². The van der Waals surface area contributed by atoms with Gasteiger partial charge in [0.2, 0.25) is 17.4 Å². The van der Waals surface area contributed by atoms with E-state index >= 15 is 0 Å². The lowest BCUT2D eigenvalue weighted by atomic mass is 9.90. The minimum absolute atomic E-state index is 0.0172. The van der Waals surface area contributed by atoms with E-state index in [-0.39, 0.29) is 57.8 Å². The smallest absolute Gasteiger partial charge is 0.387 e. The number of rotatable bonds is 21. The van der Waals surface area contributed by atoms with Crippen molar-refractivity contribution < 1.29 is 103 Å². The molecule has 0 spiro atoms. The summed E-state index contributed by atoms with van der Waals surface area (Å²) in [7, 11) is -20.7. The number of nitrogens with one attached hydrogen (secondary N) is 3. The highest BCUT2D eigenvalue weighted by Gasteiger charge is 2.54. The Morgan fingerprint density at radius 1 is 0.759 bits per heavy atom. The molecule has 3 fully saturated rings. The standard InChI is InChI=1S/C36H50N16O23P4/c1-13-15(5-40-14(2)53)16(70-32(13)52-12-49(3)21-29(52)46-36(39)48-31(21)57)6-68-77(60,61)74-79(64,65)75-78(62,63)69-8-18-24(25(66-4)34(72-18)50-10-43-19-26(37)41-9-42-27(19)50)73-76(58,59)67-7-17-22(54)23(55)33(71-17)51-11-44-20-28(51)45-35(38)47-30(20)56/h9-13,15-18,22-25,32-34,54-55H,5-8H2,1-4H3,(H12-,37,38,39,40,41,42,45,46,47,48,53,56,57,58,59,60,61,62,63,64,65)/p+1/t13-,15+,16-,17-,18-,22-,23-,24-,25-,32-,33-,34-/m1/s1. The van der Waals surface area contributed by atoms with Crippen molar-refractivity contribution in [3.8, 4) is 0 Å². The van der Waals surface area contributed by atoms with Gasteiger partial charge in [-0.15, -0.1) is 0 Å². The van der Waals surface area contributed by atoms with E-state index in [9.17, 15) is 62.4 Å². The van der Waals surface area contributed by atoms with Crippen molar-refractivity contribution in [2.45, 2.75) is 75.3 Å². The zero-order valence-electron chi connectivity index (χ0n) is 41.2. The van der Waals surface area contributed by atoms with Gasteiger partial charge in [0, 0.05) is 32.4 Å². The zero-order valence-corrected chi connectivity index (χ0v) is 44.8. The van der Waals surface area contributed by atoms with Crippen LogP contribution in [0.3, 0.4) is 0 Å². The third kappa shape index (κ3) is 12.1. The fraction of sp³-hybridized carbons (Fsp3) is 0.556. The van der Waals surface area contributed by atoms with Gasteiger partial charge in [0.1, 0.15) is 48.5 Å². The number of phosphoric acid groups is 4. The molecule has 79 heavy (non-hydrogen) atoms. The first-order chi connectivity index (χ1) is 37.1. The van der Waals surface area contributed by atoms with Crippen LogP contribution in [-0.2, 0) is 75.8 Å². The molecule has 1 amide bonds. The molecule has 0 radical (unpaired) electrons. The van der Waals surface area contributed by atoms with Crippen LogP contribution in [0.25, 0.3) is 33.5 Å². The van der Waals surface area contributed by atoms with Crippen LogP contribution in [0, 0.1) is 11.8 Å². The molecule has 3 aliphatic heterocycles. The molecule has 432 valence electrons. The van der Waals surface area contributed by atoms with Crippen molar-refractivity contribution in [1.82, 2.24) is 58.9 Å². The number of carbonyl (C=O) groups excluding carboxylic acids is 1. The van der Waals surface area contributed by atoms with Gasteiger partial charge in [-0.3, -0.25) is 56.1 Å². The minimum Gasteiger partial charge on any atom is -0.387 e. The lowest BCUT2D eigenvalue weighted by Gasteiger charge is -2.26. The van der Waals surface area contributed by atoms with Gasteiger partial charge in [-0.2, -0.15) is 13.6 Å². The number of nitrogens with two attached hydrogens (primary N) is 3. The monoisotopic (exact) mass is 1200 g/mol. The molecule has 6 aromatic heterocycles. The predicted octanol–water partition coefficient (Wildman–Crippen LogP) is -3.04. The number of ether oxygens (including phenoxy) is 4. The quantitative estimate of drug-likeness (QED) is 0.0252. The fourth-order valence-corrected chi connectivity index (χ4v) is 13.7. The second kappa shape index (κ2) is 22.0. The number of anilines is 3. The van der Waals surface area contributed by atoms with Crippen molar-refractivity contribution in [2.75, 3.05) is 50.7 Å². The number of hydrogen-bond acceptors (Lipinski definition) is 28. The van der Waals surface area contributed by atoms with Gasteiger partial charge >= 0.3 is 36.9 Å². The minimum atomic E-state index is -6.18. The Morgan fingerprint density at radius 3 is 2.03 bits per heavy atom. The number of fused-ring (bicyclic) bond motifs is 3. The van der Waals surface area contributed by atoms with Crippen LogP contribution >= 0.6 is 31.3 Å². The Hall–Kier alpha value is -5.60. The molecular formula is C36H51N16O23P4+. The molecule has 4 unspecified atom stereocenters. The van der Waals surface area contributed by atoms with Crippen LogP contribution < -0.4 is 38.2 Å². The molecular weight excluding hydrogens is 1150 g/mol. The highest BCUT2D eigenvalue weighted by molar-refractivity contribution is 7.66. The maximum Gasteiger partial charge on any atom is 0.490 e. The van der Waals surface area contributed by atoms with Crippen molar-refractivity contribution in [3.63, 3.8) is 0 Å². The number of H-pyrrole nitrogens is 2. The van der Waals surface area contributed by atoms with Crippen molar-refractivity contribution in [2.24, 2.45) is 18.9 Å². The number of nitrogen functional groups attached to an aromatic ring is 3. The molecule has 3 aliphatic rings. The summed E-state index contributed by atoms with van der Waals surface area (Å²) in [5.74, 6) is -2.34. The highest BCUT2D eigenvalue weighted by Crippen LogP contribution is 2.68. The number of imidazole rings is 3. The largest absolute Gasteiger partial charge is 0.490 e. The van der Waals surface area contributed by atoms with Gasteiger partial charge in [-0.05, 0) is 0 Å². The summed E-state index contributed by atoms with van der Waals surface area (Å²) in [6.07, 6.45) is -10.8. The Kier molecular flexibility index (Phi) is 16.2. The van der Waals surface area contributed by atoms with Crippen LogP contribution in [0.4, 0.5) is 17.7 Å². The van der Waals surface area contributed by atoms with Crippen molar-refractivity contribution in [1.29, 1.82) is 0 Å². The number of aromatic nitrogens is 12. The van der Waals surface area contributed by atoms with E-state index in [0.717, 1.165) is 30.7 Å². The number of methoxy groups -OCH3 is 1. The second-order valence-electron chi connectivity index (χ2n) is 17.9. The van der Waals surface area contributed by atoms with Gasteiger partial charge in [0.05, 0.1) is 45.6 Å². The molecule has 9 rings (SSSR count). The molecule has 0 aliphatic carbocycles. The molecule has 6 aromatic rings. The lowest BCUT2D eigenvalue weighted by molar-refractivity contribution is -0.745. The number of hydrogen-bond donors (Lipinski definition) is 12. The average molecular weight is 1200 g/mol. The van der Waals surface area contributed by atoms with Crippen LogP contribution in [0.5, 0.6) is 0 Å². The van der Waals surface area contributed by atoms with E-state index in [1.54, 1.807) is 14.0 Å². The van der Waals surface area contributed by atoms with Crippen LogP contribution in [0.15, 0.2) is 34.9 Å². The van der Waals surface area contributed by atoms with Crippen LogP contribution in [0.1, 0.15) is 32.5 Å². The number of carbonyl (C=O) groups is 1. The maximum atomic E-state index is 13.7. The molecule has 39 nitrogen and oxygen atoms in total. The number of nitrogens with zero attached hydrogens (tertiary/aromatic N) is 10. The number of aliphatic hydroxyl groups is 2. The Bertz CT molecular complexity index is 3620. The summed E-state index contributed by atoms with van der Waals surface area (Å²) < 4.78 is 111. The van der Waals surface area contributed by atoms with Gasteiger partial charge < -0.3 is 71.3 Å². The Balaban J connectivity index is 0.874. The molecule has 15 N–H and O–H groups in total. The zero-order chi connectivity index (χ0) is 57.3. The van der Waals surface area contributed by atoms with Gasteiger partial charge in [0.15, 0.2) is 47.6 Å². The first-order valence-corrected chi connectivity index (χ1v) is 28.9. The number of aromatic amines is 2. The predicted molar refractivity (Wildman–Crippen MR) is 258 cm³/mol. The summed E-state index contributed by atoms with van der Waals surface area (Å²) in [4.78, 5) is 109. The van der Waals surface area contributed by atoms with Crippen LogP contribution in [0.2, 0.25) is 0 Å². The molecule has 16 atom stereocenters. The molecule has 9 heterocycles. The van der Waals surface area contributed by atoms with E-state index < -0.39 is 141 Å². The molecule has 0 aromatic carbocycles. The number of aliphatic hydroxyl groups excluding tert-OH is 2. The topological polar surface area (TPSA) is 551 Å². The fourth-order valence-electron chi connectivity index (χ4n) is 9.21. The first kappa shape index (κ1) is 58.1. The molecule has 3 saturated heterocycles. The Labute approximate surface area is 440 Å². The summed E-state index contributed by atoms with van der Waals surface area (Å²) in [5.41, 5.74) is 16.1. The third-order valence-electron chi connectivity index (χ3n) is 12.7. The third-order valence-corrected chi connectivity index (χ3v) is 18.0. The maximum absolute atomic E-state index is 13.7. The van der Waals surface area contributed by atoms with Gasteiger partial charge in [-0.25, -0.2) is 42.8 Å². The molecule has 0 bridgehead atoms. The van der Waals surface area contributed by atoms with Crippen LogP contribution in [-0.4, -0.2) is 165 Å². The van der Waals surface area contributed by atoms with E-state index in [0.29, 0.717) is 0 Å². The number of aryl methyl sites for hydroxylation is 1. The number of phosphoric ester groups is 3. The van der Waals surface area contributed by atoms with E-state index in [1.165, 1.54) is 27.0 Å². The van der Waals surface area contributed by atoms with Crippen molar-refractivity contribution in [3.05, 3.63) is 46.0 Å². The summed E-state index contributed by atoms with van der Waals surface area (Å²) in [6.45, 7) is -0.258. The summed E-state index contributed by atoms with van der Waals surface area (Å²) in [5, 5.41) is 24.4. The van der Waals surface area contributed by atoms with Gasteiger partial charge in [-0.1, -0.05) is 11.9 Å². The normalized spacial score (nSPS) is 29.4. The average Bonchev–Trinajstić information content (AvgIpc) is 4.35. The molecule has 0 saturated carbocycles. The first-order valence-electron chi connectivity index (χ1n) is 22.9. The van der Waals surface area contributed by atoms with Gasteiger partial charge in [0.25, 0.3) is 17.1 Å².